The van der Waals surface area contributed by atoms with Gasteiger partial charge in [0.15, 0.2) is 0 Å². The molecule has 0 amide bonds. The van der Waals surface area contributed by atoms with Crippen molar-refractivity contribution in [2.45, 2.75) is 58.4 Å². The van der Waals surface area contributed by atoms with Gasteiger partial charge in [-0.3, -0.25) is 0 Å². The summed E-state index contributed by atoms with van der Waals surface area (Å²) in [5.74, 6) is 2.72. The highest BCUT2D eigenvalue weighted by Crippen LogP contribution is 2.29. The Balaban J connectivity index is 0.00000210. The molecule has 0 spiro atoms. The third-order valence-electron chi connectivity index (χ3n) is 6.33. The summed E-state index contributed by atoms with van der Waals surface area (Å²) in [5, 5.41) is 4.68. The highest BCUT2D eigenvalue weighted by Gasteiger charge is 2.21. The molecule has 1 aliphatic heterocycles. The summed E-state index contributed by atoms with van der Waals surface area (Å²) in [4.78, 5) is 11.8. The van der Waals surface area contributed by atoms with Gasteiger partial charge in [-0.1, -0.05) is 19.3 Å². The van der Waals surface area contributed by atoms with Crippen molar-refractivity contribution in [2.24, 2.45) is 11.8 Å². The number of aromatic nitrogens is 3. The van der Waals surface area contributed by atoms with Crippen LogP contribution in [0.25, 0.3) is 11.0 Å². The van der Waals surface area contributed by atoms with Crippen LogP contribution in [0.15, 0.2) is 18.6 Å². The maximum absolute atomic E-state index is 4.70. The minimum atomic E-state index is 0. The van der Waals surface area contributed by atoms with Gasteiger partial charge < -0.3 is 14.8 Å². The minimum Gasteiger partial charge on any atom is -0.356 e. The zero-order valence-corrected chi connectivity index (χ0v) is 16.9. The lowest BCUT2D eigenvalue weighted by Crippen LogP contribution is -2.31. The second kappa shape index (κ2) is 9.58. The number of hydrogen-bond acceptors (Lipinski definition) is 4. The Labute approximate surface area is 165 Å². The maximum atomic E-state index is 4.70. The molecule has 1 saturated heterocycles. The lowest BCUT2D eigenvalue weighted by Gasteiger charge is -2.30. The predicted octanol–water partition coefficient (Wildman–Crippen LogP) is 3.19. The van der Waals surface area contributed by atoms with Gasteiger partial charge in [0.2, 0.25) is 0 Å². The number of rotatable bonds is 6. The van der Waals surface area contributed by atoms with Crippen molar-refractivity contribution >= 4 is 25.3 Å². The molecule has 2 aliphatic rings. The number of nitrogens with zero attached hydrogens (tertiary/aromatic N) is 4. The molecule has 0 bridgehead atoms. The number of nitrogens with one attached hydrogen (secondary N) is 1. The lowest BCUT2D eigenvalue weighted by molar-refractivity contribution is 0.336. The van der Waals surface area contributed by atoms with Gasteiger partial charge >= 0.3 is 0 Å². The molecule has 27 heavy (non-hydrogen) atoms. The maximum Gasteiger partial charge on any atom is 0.145 e. The van der Waals surface area contributed by atoms with Gasteiger partial charge in [-0.15, -0.1) is 0 Å². The van der Waals surface area contributed by atoms with Crippen LogP contribution in [-0.2, 0) is 6.54 Å². The third kappa shape index (κ3) is 4.65. The Kier molecular flexibility index (Phi) is 7.16. The molecular formula is C21H34BN5. The molecule has 4 rings (SSSR count). The number of piperidine rings is 1. The molecule has 2 aromatic rings. The van der Waals surface area contributed by atoms with E-state index in [9.17, 15) is 0 Å². The summed E-state index contributed by atoms with van der Waals surface area (Å²) < 4.78 is 2.35. The van der Waals surface area contributed by atoms with Crippen LogP contribution >= 0.6 is 0 Å². The number of hydrogen-bond donors (Lipinski definition) is 1. The molecule has 146 valence electrons. The molecule has 3 heterocycles. The van der Waals surface area contributed by atoms with Crippen LogP contribution < -0.4 is 10.2 Å². The molecular weight excluding hydrogens is 333 g/mol. The fourth-order valence-corrected chi connectivity index (χ4v) is 4.78. The largest absolute Gasteiger partial charge is 0.356 e. The van der Waals surface area contributed by atoms with E-state index in [2.05, 4.69) is 39.0 Å². The van der Waals surface area contributed by atoms with Gasteiger partial charge in [0.25, 0.3) is 0 Å². The lowest BCUT2D eigenvalue weighted by atomic mass is 9.89. The second-order valence-corrected chi connectivity index (χ2v) is 8.14. The topological polar surface area (TPSA) is 46.0 Å². The summed E-state index contributed by atoms with van der Waals surface area (Å²) in [6.07, 6.45) is 13.5. The van der Waals surface area contributed by atoms with Gasteiger partial charge in [-0.25, -0.2) is 9.97 Å². The fraction of sp³-hybridized carbons (Fsp3) is 0.714. The smallest absolute Gasteiger partial charge is 0.145 e. The van der Waals surface area contributed by atoms with Gasteiger partial charge in [0, 0.05) is 34.2 Å². The zero-order chi connectivity index (χ0) is 17.8. The Bertz CT molecular complexity index is 704. The van der Waals surface area contributed by atoms with Crippen molar-refractivity contribution in [1.29, 1.82) is 0 Å². The van der Waals surface area contributed by atoms with E-state index in [1.807, 2.05) is 0 Å². The van der Waals surface area contributed by atoms with Gasteiger partial charge in [0.1, 0.15) is 17.8 Å². The minimum absolute atomic E-state index is 0. The van der Waals surface area contributed by atoms with Crippen LogP contribution in [0.5, 0.6) is 0 Å². The molecule has 2 radical (unpaired) electrons. The van der Waals surface area contributed by atoms with Crippen molar-refractivity contribution in [3.63, 3.8) is 0 Å². The average molecular weight is 367 g/mol. The summed E-state index contributed by atoms with van der Waals surface area (Å²) in [5.41, 5.74) is 1.11. The average Bonchev–Trinajstić information content (AvgIpc) is 3.11. The van der Waals surface area contributed by atoms with Gasteiger partial charge in [-0.05, 0) is 63.6 Å². The van der Waals surface area contributed by atoms with Crippen molar-refractivity contribution < 1.29 is 0 Å². The van der Waals surface area contributed by atoms with Crippen molar-refractivity contribution in [3.8, 4) is 0 Å². The van der Waals surface area contributed by atoms with Crippen molar-refractivity contribution in [1.82, 2.24) is 19.9 Å². The van der Waals surface area contributed by atoms with Crippen LogP contribution in [0, 0.1) is 11.8 Å². The molecule has 1 saturated carbocycles. The van der Waals surface area contributed by atoms with E-state index < -0.39 is 0 Å². The summed E-state index contributed by atoms with van der Waals surface area (Å²) in [7, 11) is 0. The zero-order valence-electron chi connectivity index (χ0n) is 16.9. The summed E-state index contributed by atoms with van der Waals surface area (Å²) in [6, 6.07) is 2.23. The fourth-order valence-electron chi connectivity index (χ4n) is 4.78. The Hall–Kier alpha value is -1.56. The Morgan fingerprint density at radius 1 is 1.07 bits per heavy atom. The highest BCUT2D eigenvalue weighted by molar-refractivity contribution is 5.87. The molecule has 5 nitrogen and oxygen atoms in total. The first-order chi connectivity index (χ1) is 12.8. The number of fused-ring (bicyclic) bond motifs is 1. The van der Waals surface area contributed by atoms with Crippen molar-refractivity contribution in [2.75, 3.05) is 31.1 Å². The van der Waals surface area contributed by atoms with E-state index in [0.717, 1.165) is 56.0 Å². The predicted molar refractivity (Wildman–Crippen MR) is 115 cm³/mol. The van der Waals surface area contributed by atoms with E-state index in [0.29, 0.717) is 0 Å². The quantitative estimate of drug-likeness (QED) is 0.797. The van der Waals surface area contributed by atoms with Crippen LogP contribution in [0.2, 0.25) is 0 Å². The first kappa shape index (κ1) is 20.2. The molecule has 0 aromatic carbocycles. The van der Waals surface area contributed by atoms with E-state index in [1.165, 1.54) is 50.3 Å². The molecule has 0 atom stereocenters. The van der Waals surface area contributed by atoms with Crippen LogP contribution in [0.4, 0.5) is 5.82 Å². The molecule has 0 unspecified atom stereocenters. The normalized spacial score (nSPS) is 19.1. The standard InChI is InChI=1S/C21H33N5.BH/c1-2-25(14-17-6-4-3-5-7-17)20-19-10-13-26(21(19)24-16-23-20)15-18-8-11-22-12-9-18;/h10,13,16-18,22H,2-9,11-12,14-15H2,1H3;1H. The summed E-state index contributed by atoms with van der Waals surface area (Å²) in [6.45, 7) is 7.79. The van der Waals surface area contributed by atoms with E-state index in [-0.39, 0.29) is 8.41 Å². The van der Waals surface area contributed by atoms with Gasteiger partial charge in [0.05, 0.1) is 5.39 Å². The molecule has 1 N–H and O–H groups in total. The summed E-state index contributed by atoms with van der Waals surface area (Å²) >= 11 is 0. The Morgan fingerprint density at radius 3 is 2.59 bits per heavy atom. The first-order valence-corrected chi connectivity index (χ1v) is 10.6. The Morgan fingerprint density at radius 2 is 1.85 bits per heavy atom. The van der Waals surface area contributed by atoms with Crippen LogP contribution in [0.1, 0.15) is 51.9 Å². The highest BCUT2D eigenvalue weighted by atomic mass is 15.2. The third-order valence-corrected chi connectivity index (χ3v) is 6.33. The molecule has 2 fully saturated rings. The molecule has 2 aromatic heterocycles. The van der Waals surface area contributed by atoms with E-state index in [4.69, 9.17) is 4.98 Å². The van der Waals surface area contributed by atoms with Crippen LogP contribution in [0.3, 0.4) is 0 Å². The van der Waals surface area contributed by atoms with Crippen LogP contribution in [-0.4, -0.2) is 49.1 Å². The SMILES string of the molecule is CCN(CC1CCCCC1)c1ncnc2c1ccn2CC1CCNCC1.[BH]. The van der Waals surface area contributed by atoms with E-state index in [1.54, 1.807) is 6.33 Å². The van der Waals surface area contributed by atoms with Crippen molar-refractivity contribution in [3.05, 3.63) is 18.6 Å². The molecule has 6 heteroatoms. The van der Waals surface area contributed by atoms with Gasteiger partial charge in [-0.2, -0.15) is 0 Å². The van der Waals surface area contributed by atoms with E-state index >= 15 is 0 Å². The molecule has 1 aliphatic carbocycles. The second-order valence-electron chi connectivity index (χ2n) is 8.14. The first-order valence-electron chi connectivity index (χ1n) is 10.6. The monoisotopic (exact) mass is 367 g/mol. The number of anilines is 1.